The maximum Gasteiger partial charge on any atom is 0.341 e. The number of rotatable bonds is 4. The van der Waals surface area contributed by atoms with E-state index >= 15 is 0 Å². The van der Waals surface area contributed by atoms with Gasteiger partial charge in [0.05, 0.1) is 13.7 Å². The highest BCUT2D eigenvalue weighted by Crippen LogP contribution is 2.42. The van der Waals surface area contributed by atoms with Crippen LogP contribution in [0.15, 0.2) is 48.7 Å². The lowest BCUT2D eigenvalue weighted by molar-refractivity contribution is -0.149. The van der Waals surface area contributed by atoms with Crippen molar-refractivity contribution < 1.29 is 19.1 Å². The number of ether oxygens (including phenoxy) is 2. The van der Waals surface area contributed by atoms with E-state index in [1.54, 1.807) is 38.4 Å². The molecule has 2 N–H and O–H groups in total. The number of aromatic nitrogens is 1. The molecule has 0 saturated heterocycles. The van der Waals surface area contributed by atoms with E-state index in [-0.39, 0.29) is 12.5 Å². The summed E-state index contributed by atoms with van der Waals surface area (Å²) in [5.74, 6) is -0.150. The monoisotopic (exact) mass is 350 g/mol. The van der Waals surface area contributed by atoms with Crippen molar-refractivity contribution in [3.63, 3.8) is 0 Å². The van der Waals surface area contributed by atoms with Crippen molar-refractivity contribution in [2.75, 3.05) is 13.7 Å². The number of hydrogen-bond acceptors (Lipinski definition) is 4. The Labute approximate surface area is 150 Å². The fourth-order valence-electron chi connectivity index (χ4n) is 3.57. The molecule has 1 amide bonds. The predicted octanol–water partition coefficient (Wildman–Crippen LogP) is 2.73. The van der Waals surface area contributed by atoms with Gasteiger partial charge in [0.25, 0.3) is 5.91 Å². The predicted molar refractivity (Wildman–Crippen MR) is 96.2 cm³/mol. The molecule has 0 fully saturated rings. The number of nitrogens with one attached hydrogen (secondary N) is 2. The topological polar surface area (TPSA) is 80.4 Å². The molecule has 3 aromatic rings. The van der Waals surface area contributed by atoms with Crippen molar-refractivity contribution in [3.05, 3.63) is 65.4 Å². The smallest absolute Gasteiger partial charge is 0.341 e. The number of carbonyl (C=O) groups excluding carboxylic acids is 2. The highest BCUT2D eigenvalue weighted by molar-refractivity contribution is 6.09. The summed E-state index contributed by atoms with van der Waals surface area (Å²) < 4.78 is 10.7. The van der Waals surface area contributed by atoms with E-state index in [0.29, 0.717) is 22.4 Å². The van der Waals surface area contributed by atoms with Gasteiger partial charge in [-0.15, -0.1) is 0 Å². The van der Waals surface area contributed by atoms with Crippen LogP contribution in [0.3, 0.4) is 0 Å². The molecule has 26 heavy (non-hydrogen) atoms. The van der Waals surface area contributed by atoms with Crippen molar-refractivity contribution >= 4 is 22.8 Å². The van der Waals surface area contributed by atoms with E-state index < -0.39 is 11.5 Å². The van der Waals surface area contributed by atoms with Crippen LogP contribution in [0.2, 0.25) is 0 Å². The van der Waals surface area contributed by atoms with Gasteiger partial charge in [-0.3, -0.25) is 4.79 Å². The number of H-pyrrole nitrogens is 1. The number of benzene rings is 2. The Morgan fingerprint density at radius 3 is 2.73 bits per heavy atom. The van der Waals surface area contributed by atoms with Crippen molar-refractivity contribution in [1.82, 2.24) is 10.3 Å². The zero-order valence-corrected chi connectivity index (χ0v) is 14.5. The third kappa shape index (κ3) is 2.12. The first-order valence-electron chi connectivity index (χ1n) is 8.36. The largest absolute Gasteiger partial charge is 0.497 e. The number of aromatic amines is 1. The van der Waals surface area contributed by atoms with Gasteiger partial charge in [-0.2, -0.15) is 0 Å². The van der Waals surface area contributed by atoms with Crippen LogP contribution in [0, 0.1) is 0 Å². The molecule has 0 bridgehead atoms. The normalized spacial score (nSPS) is 18.5. The van der Waals surface area contributed by atoms with E-state index in [1.807, 2.05) is 24.3 Å². The molecule has 2 aromatic carbocycles. The Morgan fingerprint density at radius 2 is 1.96 bits per heavy atom. The number of esters is 1. The van der Waals surface area contributed by atoms with Crippen LogP contribution in [-0.4, -0.2) is 30.6 Å². The number of methoxy groups -OCH3 is 1. The summed E-state index contributed by atoms with van der Waals surface area (Å²) in [4.78, 5) is 28.8. The Morgan fingerprint density at radius 1 is 1.15 bits per heavy atom. The SMILES string of the molecule is CCOC(=O)C1(c2c[nH]c3ccc(OC)cc23)NC(=O)c2ccccc21. The summed E-state index contributed by atoms with van der Waals surface area (Å²) in [5.41, 5.74) is 1.13. The summed E-state index contributed by atoms with van der Waals surface area (Å²) in [6.07, 6.45) is 1.74. The third-order valence-corrected chi connectivity index (χ3v) is 4.75. The Bertz CT molecular complexity index is 1020. The van der Waals surface area contributed by atoms with Gasteiger partial charge in [0.2, 0.25) is 0 Å². The molecule has 4 rings (SSSR count). The second-order valence-corrected chi connectivity index (χ2v) is 6.08. The Hall–Kier alpha value is -3.28. The average molecular weight is 350 g/mol. The molecule has 0 saturated carbocycles. The summed E-state index contributed by atoms with van der Waals surface area (Å²) in [6, 6.07) is 12.6. The summed E-state index contributed by atoms with van der Waals surface area (Å²) in [6.45, 7) is 1.96. The van der Waals surface area contributed by atoms with Gasteiger partial charge in [-0.05, 0) is 31.2 Å². The van der Waals surface area contributed by atoms with Crippen molar-refractivity contribution in [2.24, 2.45) is 0 Å². The van der Waals surface area contributed by atoms with Crippen LogP contribution in [0.5, 0.6) is 5.75 Å². The molecular weight excluding hydrogens is 332 g/mol. The van der Waals surface area contributed by atoms with Crippen LogP contribution in [0.25, 0.3) is 10.9 Å². The van der Waals surface area contributed by atoms with Crippen LogP contribution in [0.4, 0.5) is 0 Å². The molecule has 6 heteroatoms. The maximum atomic E-state index is 13.1. The second-order valence-electron chi connectivity index (χ2n) is 6.08. The minimum atomic E-state index is -1.39. The lowest BCUT2D eigenvalue weighted by Crippen LogP contribution is -2.48. The van der Waals surface area contributed by atoms with Gasteiger partial charge < -0.3 is 19.8 Å². The highest BCUT2D eigenvalue weighted by atomic mass is 16.5. The van der Waals surface area contributed by atoms with Gasteiger partial charge in [0.1, 0.15) is 5.75 Å². The molecule has 0 radical (unpaired) electrons. The van der Waals surface area contributed by atoms with E-state index in [0.717, 1.165) is 10.9 Å². The number of hydrogen-bond donors (Lipinski definition) is 2. The number of carbonyl (C=O) groups is 2. The van der Waals surface area contributed by atoms with E-state index in [9.17, 15) is 9.59 Å². The third-order valence-electron chi connectivity index (χ3n) is 4.75. The van der Waals surface area contributed by atoms with Crippen LogP contribution >= 0.6 is 0 Å². The zero-order chi connectivity index (χ0) is 18.3. The second kappa shape index (κ2) is 5.91. The quantitative estimate of drug-likeness (QED) is 0.709. The minimum absolute atomic E-state index is 0.213. The fourth-order valence-corrected chi connectivity index (χ4v) is 3.57. The van der Waals surface area contributed by atoms with Gasteiger partial charge in [-0.1, -0.05) is 18.2 Å². The Kier molecular flexibility index (Phi) is 3.68. The molecule has 6 nitrogen and oxygen atoms in total. The molecule has 1 unspecified atom stereocenters. The van der Waals surface area contributed by atoms with Crippen molar-refractivity contribution in [1.29, 1.82) is 0 Å². The summed E-state index contributed by atoms with van der Waals surface area (Å²) in [7, 11) is 1.58. The molecule has 1 aliphatic rings. The van der Waals surface area contributed by atoms with E-state index in [2.05, 4.69) is 10.3 Å². The lowest BCUT2D eigenvalue weighted by Gasteiger charge is -2.28. The first-order valence-corrected chi connectivity index (χ1v) is 8.36. The maximum absolute atomic E-state index is 13.1. The van der Waals surface area contributed by atoms with Gasteiger partial charge >= 0.3 is 5.97 Å². The van der Waals surface area contributed by atoms with E-state index in [1.165, 1.54) is 0 Å². The molecule has 2 heterocycles. The summed E-state index contributed by atoms with van der Waals surface area (Å²) >= 11 is 0. The average Bonchev–Trinajstić information content (AvgIpc) is 3.21. The number of fused-ring (bicyclic) bond motifs is 2. The first-order chi connectivity index (χ1) is 12.6. The lowest BCUT2D eigenvalue weighted by atomic mass is 9.83. The number of amides is 1. The van der Waals surface area contributed by atoms with Crippen LogP contribution in [-0.2, 0) is 15.1 Å². The summed E-state index contributed by atoms with van der Waals surface area (Å²) in [5, 5.41) is 3.66. The van der Waals surface area contributed by atoms with Gasteiger partial charge in [-0.25, -0.2) is 4.79 Å². The molecule has 1 aliphatic heterocycles. The first kappa shape index (κ1) is 16.2. The molecule has 132 valence electrons. The highest BCUT2D eigenvalue weighted by Gasteiger charge is 2.52. The van der Waals surface area contributed by atoms with Gasteiger partial charge in [0, 0.05) is 33.8 Å². The molecule has 0 aliphatic carbocycles. The van der Waals surface area contributed by atoms with E-state index in [4.69, 9.17) is 9.47 Å². The minimum Gasteiger partial charge on any atom is -0.497 e. The van der Waals surface area contributed by atoms with Crippen molar-refractivity contribution in [3.8, 4) is 5.75 Å². The zero-order valence-electron chi connectivity index (χ0n) is 14.5. The standard InChI is InChI=1S/C20H18N2O4/c1-3-26-19(24)20(15-7-5-4-6-13(15)18(23)22-20)16-11-21-17-9-8-12(25-2)10-14(16)17/h4-11,21H,3H2,1-2H3,(H,22,23). The Balaban J connectivity index is 2.03. The molecular formula is C20H18N2O4. The van der Waals surface area contributed by atoms with Gasteiger partial charge in [0.15, 0.2) is 5.54 Å². The molecule has 1 atom stereocenters. The van der Waals surface area contributed by atoms with Crippen LogP contribution < -0.4 is 10.1 Å². The fraction of sp³-hybridized carbons (Fsp3) is 0.200. The van der Waals surface area contributed by atoms with Crippen molar-refractivity contribution in [2.45, 2.75) is 12.5 Å². The van der Waals surface area contributed by atoms with Crippen LogP contribution in [0.1, 0.15) is 28.4 Å². The molecule has 0 spiro atoms. The molecule has 1 aromatic heterocycles.